The monoisotopic (exact) mass is 445 g/mol. The Kier molecular flexibility index (Phi) is 6.64. The van der Waals surface area contributed by atoms with Crippen LogP contribution in [0.15, 0.2) is 54.7 Å². The Hall–Kier alpha value is -3.66. The van der Waals surface area contributed by atoms with Crippen molar-refractivity contribution in [3.63, 3.8) is 0 Å². The average molecular weight is 445 g/mol. The van der Waals surface area contributed by atoms with E-state index in [4.69, 9.17) is 0 Å². The molecule has 1 aromatic heterocycles. The molecule has 10 heteroatoms. The fourth-order valence-corrected chi connectivity index (χ4v) is 2.62. The maximum absolute atomic E-state index is 14.1. The van der Waals surface area contributed by atoms with E-state index >= 15 is 0 Å². The predicted molar refractivity (Wildman–Crippen MR) is 115 cm³/mol. The molecule has 2 aromatic carbocycles. The summed E-state index contributed by atoms with van der Waals surface area (Å²) in [4.78, 5) is 22.5. The summed E-state index contributed by atoms with van der Waals surface area (Å²) in [6.07, 6.45) is 1.38. The fraction of sp³-hybridized carbons (Fsp3) is 0.227. The summed E-state index contributed by atoms with van der Waals surface area (Å²) in [5.74, 6) is -1.89. The molecule has 0 aliphatic heterocycles. The highest BCUT2D eigenvalue weighted by Gasteiger charge is 2.25. The van der Waals surface area contributed by atoms with Crippen molar-refractivity contribution in [3.05, 3.63) is 72.2 Å². The van der Waals surface area contributed by atoms with E-state index in [1.807, 2.05) is 0 Å². The van der Waals surface area contributed by atoms with Gasteiger partial charge >= 0.3 is 6.03 Å². The van der Waals surface area contributed by atoms with Crippen LogP contribution in [0, 0.1) is 17.5 Å². The van der Waals surface area contributed by atoms with Gasteiger partial charge in [0.1, 0.15) is 23.3 Å². The second-order valence-electron chi connectivity index (χ2n) is 7.62. The van der Waals surface area contributed by atoms with Gasteiger partial charge in [-0.1, -0.05) is 0 Å². The highest BCUT2D eigenvalue weighted by atomic mass is 19.1. The molecule has 0 saturated heterocycles. The highest BCUT2D eigenvalue weighted by molar-refractivity contribution is 6.06. The number of benzene rings is 2. The zero-order valence-corrected chi connectivity index (χ0v) is 17.6. The van der Waals surface area contributed by atoms with Gasteiger partial charge in [0.05, 0.1) is 23.0 Å². The molecule has 1 atom stereocenters. The molecule has 0 spiro atoms. The Labute approximate surface area is 182 Å². The summed E-state index contributed by atoms with van der Waals surface area (Å²) in [6, 6.07) is 7.75. The molecule has 0 fully saturated rings. The predicted octanol–water partition coefficient (Wildman–Crippen LogP) is 4.84. The molecule has 0 aliphatic carbocycles. The Bertz CT molecular complexity index is 1100. The minimum atomic E-state index is -1.08. The van der Waals surface area contributed by atoms with Crippen LogP contribution in [0.2, 0.25) is 0 Å². The average Bonchev–Trinajstić information content (AvgIpc) is 2.72. The minimum Gasteiger partial charge on any atom is -0.388 e. The third-order valence-electron chi connectivity index (χ3n) is 4.73. The number of aromatic nitrogens is 2. The number of anilines is 4. The van der Waals surface area contributed by atoms with Crippen LogP contribution in [0.1, 0.15) is 20.8 Å². The summed E-state index contributed by atoms with van der Waals surface area (Å²) >= 11 is 0. The number of urea groups is 1. The van der Waals surface area contributed by atoms with Crippen LogP contribution in [0.4, 0.5) is 41.1 Å². The van der Waals surface area contributed by atoms with Gasteiger partial charge in [-0.25, -0.2) is 27.8 Å². The van der Waals surface area contributed by atoms with Crippen molar-refractivity contribution in [1.82, 2.24) is 9.97 Å². The SMILES string of the molecule is CC(Nc1nccc(N(C(=O)Nc2cc(F)ccc2F)c2ccc(F)cc2)n1)C(C)(C)O. The van der Waals surface area contributed by atoms with Crippen molar-refractivity contribution in [3.8, 4) is 0 Å². The van der Waals surface area contributed by atoms with Gasteiger partial charge in [0.2, 0.25) is 5.95 Å². The maximum Gasteiger partial charge on any atom is 0.332 e. The molecule has 3 N–H and O–H groups in total. The van der Waals surface area contributed by atoms with Gasteiger partial charge < -0.3 is 15.7 Å². The lowest BCUT2D eigenvalue weighted by atomic mass is 10.0. The van der Waals surface area contributed by atoms with Crippen molar-refractivity contribution in [1.29, 1.82) is 0 Å². The zero-order chi connectivity index (χ0) is 23.5. The van der Waals surface area contributed by atoms with E-state index in [9.17, 15) is 23.1 Å². The molecule has 3 rings (SSSR count). The molecule has 3 aromatic rings. The summed E-state index contributed by atoms with van der Waals surface area (Å²) in [5.41, 5.74) is -1.23. The molecule has 32 heavy (non-hydrogen) atoms. The molecule has 2 amide bonds. The quantitative estimate of drug-likeness (QED) is 0.505. The maximum atomic E-state index is 14.1. The summed E-state index contributed by atoms with van der Waals surface area (Å²) < 4.78 is 41.0. The van der Waals surface area contributed by atoms with Gasteiger partial charge in [0.25, 0.3) is 0 Å². The molecule has 1 unspecified atom stereocenters. The van der Waals surface area contributed by atoms with Gasteiger partial charge in [-0.05, 0) is 57.2 Å². The fourth-order valence-electron chi connectivity index (χ4n) is 2.62. The topological polar surface area (TPSA) is 90.4 Å². The lowest BCUT2D eigenvalue weighted by Gasteiger charge is -2.27. The van der Waals surface area contributed by atoms with Crippen LogP contribution in [0.3, 0.4) is 0 Å². The van der Waals surface area contributed by atoms with E-state index in [0.29, 0.717) is 0 Å². The molecular weight excluding hydrogens is 423 g/mol. The number of nitrogens with one attached hydrogen (secondary N) is 2. The second-order valence-corrected chi connectivity index (χ2v) is 7.62. The van der Waals surface area contributed by atoms with Crippen molar-refractivity contribution >= 4 is 29.2 Å². The Balaban J connectivity index is 1.98. The first kappa shape index (κ1) is 23.0. The standard InChI is InChI=1S/C22H22F3N5O2/c1-13(22(2,3)32)27-20-26-11-10-19(29-20)30(16-7-4-14(23)5-8-16)21(31)28-18-12-15(24)6-9-17(18)25/h4-13,32H,1-3H3,(H,28,31)(H,26,27,29). The number of nitrogens with zero attached hydrogens (tertiary/aromatic N) is 3. The van der Waals surface area contributed by atoms with E-state index in [2.05, 4.69) is 20.6 Å². The summed E-state index contributed by atoms with van der Waals surface area (Å²) in [7, 11) is 0. The van der Waals surface area contributed by atoms with Gasteiger partial charge in [-0.2, -0.15) is 4.98 Å². The van der Waals surface area contributed by atoms with E-state index < -0.39 is 35.1 Å². The third-order valence-corrected chi connectivity index (χ3v) is 4.73. The molecule has 1 heterocycles. The van der Waals surface area contributed by atoms with Crippen LogP contribution in [0.25, 0.3) is 0 Å². The van der Waals surface area contributed by atoms with E-state index in [1.165, 1.54) is 24.4 Å². The number of hydrogen-bond acceptors (Lipinski definition) is 5. The van der Waals surface area contributed by atoms with Crippen molar-refractivity contribution in [2.45, 2.75) is 32.4 Å². The van der Waals surface area contributed by atoms with Gasteiger partial charge in [-0.3, -0.25) is 0 Å². The third kappa shape index (κ3) is 5.52. The number of amides is 2. The normalized spacial score (nSPS) is 12.2. The van der Waals surface area contributed by atoms with Crippen LogP contribution in [-0.4, -0.2) is 32.7 Å². The molecule has 0 bridgehead atoms. The smallest absolute Gasteiger partial charge is 0.332 e. The van der Waals surface area contributed by atoms with Gasteiger partial charge in [-0.15, -0.1) is 0 Å². The first-order valence-corrected chi connectivity index (χ1v) is 9.68. The summed E-state index contributed by atoms with van der Waals surface area (Å²) in [6.45, 7) is 4.95. The van der Waals surface area contributed by atoms with Gasteiger partial charge in [0, 0.05) is 18.3 Å². The van der Waals surface area contributed by atoms with Gasteiger partial charge in [0.15, 0.2) is 0 Å². The van der Waals surface area contributed by atoms with Crippen LogP contribution in [-0.2, 0) is 0 Å². The van der Waals surface area contributed by atoms with E-state index in [0.717, 1.165) is 35.2 Å². The number of carbonyl (C=O) groups excluding carboxylic acids is 1. The van der Waals surface area contributed by atoms with E-state index in [1.54, 1.807) is 20.8 Å². The second kappa shape index (κ2) is 9.23. The molecule has 0 saturated carbocycles. The number of hydrogen-bond donors (Lipinski definition) is 3. The molecule has 0 radical (unpaired) electrons. The largest absolute Gasteiger partial charge is 0.388 e. The van der Waals surface area contributed by atoms with E-state index in [-0.39, 0.29) is 23.1 Å². The lowest BCUT2D eigenvalue weighted by Crippen LogP contribution is -2.40. The molecular formula is C22H22F3N5O2. The highest BCUT2D eigenvalue weighted by Crippen LogP contribution is 2.27. The number of carbonyl (C=O) groups is 1. The first-order chi connectivity index (χ1) is 15.0. The summed E-state index contributed by atoms with van der Waals surface area (Å²) in [5, 5.41) is 15.4. The van der Waals surface area contributed by atoms with Crippen LogP contribution in [0.5, 0.6) is 0 Å². The minimum absolute atomic E-state index is 0.0753. The zero-order valence-electron chi connectivity index (χ0n) is 17.6. The van der Waals surface area contributed by atoms with Crippen molar-refractivity contribution < 1.29 is 23.1 Å². The lowest BCUT2D eigenvalue weighted by molar-refractivity contribution is 0.0646. The van der Waals surface area contributed by atoms with Crippen molar-refractivity contribution in [2.75, 3.05) is 15.5 Å². The first-order valence-electron chi connectivity index (χ1n) is 9.68. The number of aliphatic hydroxyl groups is 1. The number of rotatable bonds is 6. The molecule has 0 aliphatic rings. The Morgan fingerprint density at radius 1 is 1.06 bits per heavy atom. The number of halogens is 3. The Morgan fingerprint density at radius 3 is 2.38 bits per heavy atom. The van der Waals surface area contributed by atoms with Crippen LogP contribution < -0.4 is 15.5 Å². The Morgan fingerprint density at radius 2 is 1.72 bits per heavy atom. The molecule has 168 valence electrons. The molecule has 7 nitrogen and oxygen atoms in total. The van der Waals surface area contributed by atoms with Crippen molar-refractivity contribution in [2.24, 2.45) is 0 Å². The van der Waals surface area contributed by atoms with Crippen LogP contribution >= 0.6 is 0 Å².